The van der Waals surface area contributed by atoms with E-state index in [9.17, 15) is 0 Å². The molecular weight excluding hydrogens is 258 g/mol. The number of fused-ring (bicyclic) bond motifs is 10. The molecule has 1 spiro atoms. The predicted molar refractivity (Wildman–Crippen MR) is 64.5 cm³/mol. The molecule has 10 saturated heterocycles. The monoisotopic (exact) mass is 277 g/mol. The van der Waals surface area contributed by atoms with E-state index in [1.54, 1.807) is 56.0 Å². The van der Waals surface area contributed by atoms with Gasteiger partial charge in [0.05, 0.1) is 0 Å². The standard InChI is InChI=1S/C9H14P.C5H5.Co/c1-3-10(4-2)9-7-5-6-8-9;1-2-4-5-3-1;/h5-8H,3-4H2,1-2H3;1-5H;. The molecule has 10 heterocycles. The summed E-state index contributed by atoms with van der Waals surface area (Å²) in [5.41, 5.74) is 0. The third-order valence-electron chi connectivity index (χ3n) is 15.1. The van der Waals surface area contributed by atoms with E-state index in [-0.39, 0.29) is 0 Å². The minimum absolute atomic E-state index is 0.524. The fourth-order valence-electron chi connectivity index (χ4n) is 16.6. The van der Waals surface area contributed by atoms with Crippen molar-refractivity contribution in [1.29, 1.82) is 0 Å². The Morgan fingerprint density at radius 2 is 1.25 bits per heavy atom. The van der Waals surface area contributed by atoms with Gasteiger partial charge >= 0.3 is 88.2 Å². The third kappa shape index (κ3) is 0.0579. The summed E-state index contributed by atoms with van der Waals surface area (Å²) in [6.45, 7) is 5.11. The van der Waals surface area contributed by atoms with Gasteiger partial charge in [-0.1, -0.05) is 0 Å². The Hall–Kier alpha value is 0.936. The fraction of sp³-hybridized carbons (Fsp3) is 1.00. The molecule has 0 radical (unpaired) electrons. The molecule has 4 unspecified atom stereocenters. The van der Waals surface area contributed by atoms with E-state index in [1.807, 2.05) is 0 Å². The molecule has 0 aromatic rings. The van der Waals surface area contributed by atoms with Gasteiger partial charge in [0, 0.05) is 0 Å². The second-order valence-electron chi connectivity index (χ2n) is 10.4. The quantitative estimate of drug-likeness (QED) is 0.650. The summed E-state index contributed by atoms with van der Waals surface area (Å²) >= 11 is 0. The Kier molecular flexibility index (Phi) is 0.202. The topological polar surface area (TPSA) is 0 Å². The van der Waals surface area contributed by atoms with Crippen molar-refractivity contribution in [2.24, 2.45) is 0 Å². The first-order valence-electron chi connectivity index (χ1n) is 7.41. The average Bonchev–Trinajstić information content (AvgIpc) is 3.25. The first-order valence-corrected chi connectivity index (χ1v) is 15.1. The van der Waals surface area contributed by atoms with Gasteiger partial charge in [0.25, 0.3) is 0 Å². The first kappa shape index (κ1) is 6.39. The van der Waals surface area contributed by atoms with Crippen LogP contribution in [0.1, 0.15) is 13.8 Å². The Morgan fingerprint density at radius 3 is 1.44 bits per heavy atom. The Bertz CT molecular complexity index is 829. The van der Waals surface area contributed by atoms with Gasteiger partial charge in [-0.05, 0) is 0 Å². The van der Waals surface area contributed by atoms with Gasteiger partial charge in [0.2, 0.25) is 0 Å². The molecule has 10 rings (SSSR count). The van der Waals surface area contributed by atoms with Crippen LogP contribution in [0.15, 0.2) is 0 Å². The molecule has 0 bridgehead atoms. The van der Waals surface area contributed by atoms with Gasteiger partial charge in [0.1, 0.15) is 0 Å². The molecule has 0 N–H and O–H groups in total. The molecule has 10 aliphatic rings. The molecule has 2 heteroatoms. The number of rotatable bonds is 3. The van der Waals surface area contributed by atoms with Gasteiger partial charge in [-0.3, -0.25) is 0 Å². The van der Waals surface area contributed by atoms with Crippen LogP contribution in [0, 0.1) is 0 Å². The Labute approximate surface area is 88.2 Å². The maximum atomic E-state index is 2.56. The van der Waals surface area contributed by atoms with Gasteiger partial charge in [0.15, 0.2) is 0 Å². The Balaban J connectivity index is 1.66. The van der Waals surface area contributed by atoms with E-state index in [4.69, 9.17) is 0 Å². The van der Waals surface area contributed by atoms with Crippen molar-refractivity contribution in [3.8, 4) is 0 Å². The van der Waals surface area contributed by atoms with E-state index in [0.29, 0.717) is 7.92 Å². The molecule has 0 saturated carbocycles. The summed E-state index contributed by atoms with van der Waals surface area (Å²) in [6.07, 6.45) is 0.699. The van der Waals surface area contributed by atoms with Crippen molar-refractivity contribution < 1.29 is 6.37 Å². The second-order valence-corrected chi connectivity index (χ2v) is 36.0. The number of hydrogen-bond donors (Lipinski definition) is 0. The van der Waals surface area contributed by atoms with Crippen LogP contribution >= 0.6 is 7.92 Å². The van der Waals surface area contributed by atoms with Crippen LogP contribution in [0.25, 0.3) is 0 Å². The zero-order valence-corrected chi connectivity index (χ0v) is 11.8. The second kappa shape index (κ2) is 0.505. The van der Waals surface area contributed by atoms with E-state index in [1.165, 1.54) is 4.09 Å². The first-order chi connectivity index (χ1) is 7.56. The zero-order valence-electron chi connectivity index (χ0n) is 9.89. The predicted octanol–water partition coefficient (Wildman–Crippen LogP) is 4.81. The molecule has 0 aromatic heterocycles. The molecule has 4 atom stereocenters. The Morgan fingerprint density at radius 1 is 0.812 bits per heavy atom. The number of hydrogen-bond acceptors (Lipinski definition) is 0. The molecule has 10 aliphatic heterocycles. The molecule has 10 fully saturated rings. The van der Waals surface area contributed by atoms with Crippen molar-refractivity contribution in [1.82, 2.24) is 0 Å². The summed E-state index contributed by atoms with van der Waals surface area (Å²) < 4.78 is 1.27. The molecule has 0 aromatic carbocycles. The van der Waals surface area contributed by atoms with E-state index >= 15 is 0 Å². The van der Waals surface area contributed by atoms with Crippen LogP contribution < -0.4 is 0 Å². The summed E-state index contributed by atoms with van der Waals surface area (Å²) in [7, 11) is 0.524. The van der Waals surface area contributed by atoms with Crippen molar-refractivity contribution in [3.05, 3.63) is 0 Å². The van der Waals surface area contributed by atoms with Crippen LogP contribution in [0.2, 0.25) is 43.7 Å². The van der Waals surface area contributed by atoms with Crippen LogP contribution in [-0.4, -0.2) is 16.4 Å². The third-order valence-corrected chi connectivity index (χ3v) is 62.2. The van der Waals surface area contributed by atoms with Crippen LogP contribution in [-0.2, 0) is 6.37 Å². The molecule has 16 heavy (non-hydrogen) atoms. The maximum absolute atomic E-state index is 2.56. The molecule has 89 valence electrons. The zero-order chi connectivity index (χ0) is 10.0. The molecule has 0 amide bonds. The molecule has 0 aliphatic carbocycles. The van der Waals surface area contributed by atoms with Crippen LogP contribution in [0.3, 0.4) is 0 Å². The van der Waals surface area contributed by atoms with E-state index in [2.05, 4.69) is 13.8 Å². The van der Waals surface area contributed by atoms with Crippen molar-refractivity contribution in [2.45, 2.75) is 61.6 Å². The summed E-state index contributed by atoms with van der Waals surface area (Å²) in [5.74, 6) is 0. The summed E-state index contributed by atoms with van der Waals surface area (Å²) in [4.78, 5) is 14.0. The van der Waals surface area contributed by atoms with E-state index in [0.717, 1.165) is 0 Å². The van der Waals surface area contributed by atoms with Crippen molar-refractivity contribution in [2.75, 3.05) is 12.3 Å². The van der Waals surface area contributed by atoms with Crippen molar-refractivity contribution in [3.63, 3.8) is 0 Å². The van der Waals surface area contributed by atoms with Crippen LogP contribution in [0.5, 0.6) is 0 Å². The minimum atomic E-state index is -2.54. The van der Waals surface area contributed by atoms with E-state index < -0.39 is 6.37 Å². The van der Waals surface area contributed by atoms with Gasteiger partial charge in [-0.25, -0.2) is 0 Å². The summed E-state index contributed by atoms with van der Waals surface area (Å²) in [6, 6.07) is 0. The fourth-order valence-corrected chi connectivity index (χ4v) is 101. The average molecular weight is 277 g/mol. The molecular formula is C14H19CoP. The van der Waals surface area contributed by atoms with Gasteiger partial charge in [-0.2, -0.15) is 0 Å². The van der Waals surface area contributed by atoms with Crippen molar-refractivity contribution >= 4 is 7.92 Å². The normalized spacial score (nSPS) is 126. The summed E-state index contributed by atoms with van der Waals surface area (Å²) in [5, 5.41) is 0. The molecule has 0 nitrogen and oxygen atoms in total. The van der Waals surface area contributed by atoms with Gasteiger partial charge < -0.3 is 0 Å². The van der Waals surface area contributed by atoms with Gasteiger partial charge in [-0.15, -0.1) is 0 Å². The SMILES string of the molecule is CCP(CC)[C]12[CH]3[CH]4[CH]5[CH]1[Co]45321678[CH]2[CH]1[CH]6[CH]7[CH]28. The van der Waals surface area contributed by atoms with Crippen LogP contribution in [0.4, 0.5) is 0 Å².